The van der Waals surface area contributed by atoms with E-state index in [1.165, 1.54) is 0 Å². The molecule has 88 valence electrons. The van der Waals surface area contributed by atoms with Crippen LogP contribution >= 0.6 is 0 Å². The van der Waals surface area contributed by atoms with Crippen molar-refractivity contribution in [3.05, 3.63) is 47.3 Å². The summed E-state index contributed by atoms with van der Waals surface area (Å²) in [5.74, 6) is 0.497. The van der Waals surface area contributed by atoms with Crippen LogP contribution in [-0.4, -0.2) is 11.1 Å². The second-order valence-electron chi connectivity index (χ2n) is 3.70. The molecular formula is C12H13N3O2. The van der Waals surface area contributed by atoms with Crippen LogP contribution in [0.4, 0.5) is 5.69 Å². The number of benzene rings is 1. The predicted molar refractivity (Wildman–Crippen MR) is 63.3 cm³/mol. The molecule has 2 rings (SSSR count). The van der Waals surface area contributed by atoms with E-state index in [0.29, 0.717) is 29.2 Å². The number of nitrogens with one attached hydrogen (secondary N) is 1. The molecule has 0 radical (unpaired) electrons. The summed E-state index contributed by atoms with van der Waals surface area (Å²) in [4.78, 5) is 11.8. The number of nitrogens with zero attached hydrogens (tertiary/aromatic N) is 1. The van der Waals surface area contributed by atoms with E-state index >= 15 is 0 Å². The van der Waals surface area contributed by atoms with Crippen LogP contribution in [0.5, 0.6) is 0 Å². The molecule has 0 atom stereocenters. The lowest BCUT2D eigenvalue weighted by atomic mass is 10.1. The number of carbonyl (C=O) groups is 1. The molecule has 5 nitrogen and oxygen atoms in total. The van der Waals surface area contributed by atoms with Crippen molar-refractivity contribution < 1.29 is 9.32 Å². The fourth-order valence-corrected chi connectivity index (χ4v) is 1.47. The van der Waals surface area contributed by atoms with Gasteiger partial charge in [0.15, 0.2) is 0 Å². The molecule has 3 N–H and O–H groups in total. The monoisotopic (exact) mass is 231 g/mol. The molecule has 17 heavy (non-hydrogen) atoms. The number of nitrogens with two attached hydrogens (primary N) is 1. The molecule has 0 aliphatic heterocycles. The Hall–Kier alpha value is -2.30. The third kappa shape index (κ3) is 2.63. The minimum atomic E-state index is -0.219. The summed E-state index contributed by atoms with van der Waals surface area (Å²) in [6, 6.07) is 8.70. The van der Waals surface area contributed by atoms with Gasteiger partial charge in [-0.2, -0.15) is 0 Å². The van der Waals surface area contributed by atoms with Crippen molar-refractivity contribution in [1.29, 1.82) is 0 Å². The van der Waals surface area contributed by atoms with E-state index in [2.05, 4.69) is 10.5 Å². The van der Waals surface area contributed by atoms with Crippen LogP contribution in [-0.2, 0) is 6.54 Å². The highest BCUT2D eigenvalue weighted by atomic mass is 16.5. The zero-order valence-corrected chi connectivity index (χ0v) is 9.43. The molecule has 0 spiro atoms. The first-order valence-corrected chi connectivity index (χ1v) is 5.21. The molecule has 0 saturated heterocycles. The van der Waals surface area contributed by atoms with E-state index in [4.69, 9.17) is 10.3 Å². The first-order chi connectivity index (χ1) is 8.16. The van der Waals surface area contributed by atoms with E-state index in [9.17, 15) is 4.79 Å². The van der Waals surface area contributed by atoms with Crippen molar-refractivity contribution >= 4 is 11.6 Å². The molecule has 0 aliphatic rings. The van der Waals surface area contributed by atoms with Crippen molar-refractivity contribution in [2.45, 2.75) is 13.5 Å². The smallest absolute Gasteiger partial charge is 0.253 e. The van der Waals surface area contributed by atoms with Crippen LogP contribution in [0.2, 0.25) is 0 Å². The minimum absolute atomic E-state index is 0.219. The van der Waals surface area contributed by atoms with Gasteiger partial charge < -0.3 is 15.6 Å². The summed E-state index contributed by atoms with van der Waals surface area (Å²) in [6.07, 6.45) is 0. The lowest BCUT2D eigenvalue weighted by molar-refractivity contribution is 0.0951. The number of amides is 1. The minimum Gasteiger partial charge on any atom is -0.398 e. The highest BCUT2D eigenvalue weighted by molar-refractivity contribution is 5.98. The van der Waals surface area contributed by atoms with Crippen molar-refractivity contribution in [2.24, 2.45) is 0 Å². The van der Waals surface area contributed by atoms with Crippen molar-refractivity contribution in [3.63, 3.8) is 0 Å². The summed E-state index contributed by atoms with van der Waals surface area (Å²) < 4.78 is 4.90. The Labute approximate surface area is 98.6 Å². The largest absolute Gasteiger partial charge is 0.398 e. The van der Waals surface area contributed by atoms with E-state index in [0.717, 1.165) is 0 Å². The van der Waals surface area contributed by atoms with E-state index in [-0.39, 0.29) is 5.91 Å². The summed E-state index contributed by atoms with van der Waals surface area (Å²) >= 11 is 0. The maximum Gasteiger partial charge on any atom is 0.253 e. The molecular weight excluding hydrogens is 218 g/mol. The van der Waals surface area contributed by atoms with Gasteiger partial charge in [0.05, 0.1) is 12.1 Å². The second-order valence-corrected chi connectivity index (χ2v) is 3.70. The van der Waals surface area contributed by atoms with Gasteiger partial charge in [-0.15, -0.1) is 0 Å². The molecule has 1 aromatic heterocycles. The third-order valence-corrected chi connectivity index (χ3v) is 2.31. The topological polar surface area (TPSA) is 81.2 Å². The Kier molecular flexibility index (Phi) is 3.09. The lowest BCUT2D eigenvalue weighted by Gasteiger charge is -2.05. The van der Waals surface area contributed by atoms with E-state index in [1.807, 2.05) is 0 Å². The van der Waals surface area contributed by atoms with Crippen LogP contribution in [0.1, 0.15) is 21.8 Å². The maximum atomic E-state index is 11.8. The standard InChI is InChI=1S/C12H13N3O2/c1-8-6-9(15-17-8)7-14-12(16)10-4-2-3-5-11(10)13/h2-6H,7,13H2,1H3,(H,14,16). The Morgan fingerprint density at radius 1 is 1.47 bits per heavy atom. The number of carbonyl (C=O) groups excluding carboxylic acids is 1. The summed E-state index contributed by atoms with van der Waals surface area (Å²) in [7, 11) is 0. The fourth-order valence-electron chi connectivity index (χ4n) is 1.47. The van der Waals surface area contributed by atoms with Crippen LogP contribution < -0.4 is 11.1 Å². The Bertz CT molecular complexity index is 534. The second kappa shape index (κ2) is 4.69. The van der Waals surface area contributed by atoms with Gasteiger partial charge in [-0.05, 0) is 19.1 Å². The van der Waals surface area contributed by atoms with E-state index < -0.39 is 0 Å². The SMILES string of the molecule is Cc1cc(CNC(=O)c2ccccc2N)no1. The molecule has 1 aromatic carbocycles. The average molecular weight is 231 g/mol. The van der Waals surface area contributed by atoms with Crippen LogP contribution in [0.3, 0.4) is 0 Å². The fraction of sp³-hybridized carbons (Fsp3) is 0.167. The molecule has 1 heterocycles. The van der Waals surface area contributed by atoms with Gasteiger partial charge in [0.2, 0.25) is 0 Å². The first-order valence-electron chi connectivity index (χ1n) is 5.21. The first kappa shape index (κ1) is 11.2. The molecule has 0 fully saturated rings. The molecule has 5 heteroatoms. The molecule has 1 amide bonds. The lowest BCUT2D eigenvalue weighted by Crippen LogP contribution is -2.23. The number of aromatic nitrogens is 1. The number of para-hydroxylation sites is 1. The summed E-state index contributed by atoms with van der Waals surface area (Å²) in [6.45, 7) is 2.12. The van der Waals surface area contributed by atoms with Gasteiger partial charge in [-0.3, -0.25) is 4.79 Å². The quantitative estimate of drug-likeness (QED) is 0.784. The van der Waals surface area contributed by atoms with Gasteiger partial charge in [0.25, 0.3) is 5.91 Å². The number of rotatable bonds is 3. The van der Waals surface area contributed by atoms with Crippen LogP contribution in [0, 0.1) is 6.92 Å². The molecule has 0 aliphatic carbocycles. The number of hydrogen-bond donors (Lipinski definition) is 2. The third-order valence-electron chi connectivity index (χ3n) is 2.31. The molecule has 0 bridgehead atoms. The van der Waals surface area contributed by atoms with Gasteiger partial charge in [0, 0.05) is 11.8 Å². The summed E-state index contributed by atoms with van der Waals surface area (Å²) in [5, 5.41) is 6.51. The molecule has 0 unspecified atom stereocenters. The summed E-state index contributed by atoms with van der Waals surface area (Å²) in [5.41, 5.74) is 7.31. The number of hydrogen-bond acceptors (Lipinski definition) is 4. The average Bonchev–Trinajstić information content (AvgIpc) is 2.73. The van der Waals surface area contributed by atoms with E-state index in [1.54, 1.807) is 37.3 Å². The Morgan fingerprint density at radius 3 is 2.88 bits per heavy atom. The normalized spacial score (nSPS) is 10.2. The maximum absolute atomic E-state index is 11.8. The van der Waals surface area contributed by atoms with Crippen molar-refractivity contribution in [1.82, 2.24) is 10.5 Å². The van der Waals surface area contributed by atoms with Gasteiger partial charge >= 0.3 is 0 Å². The Balaban J connectivity index is 2.01. The van der Waals surface area contributed by atoms with Crippen molar-refractivity contribution in [2.75, 3.05) is 5.73 Å². The van der Waals surface area contributed by atoms with Crippen molar-refractivity contribution in [3.8, 4) is 0 Å². The Morgan fingerprint density at radius 2 is 2.24 bits per heavy atom. The van der Waals surface area contributed by atoms with Gasteiger partial charge in [0.1, 0.15) is 11.5 Å². The highest BCUT2D eigenvalue weighted by Gasteiger charge is 2.09. The highest BCUT2D eigenvalue weighted by Crippen LogP contribution is 2.10. The van der Waals surface area contributed by atoms with Crippen LogP contribution in [0.15, 0.2) is 34.9 Å². The number of nitrogen functional groups attached to an aromatic ring is 1. The predicted octanol–water partition coefficient (Wildman–Crippen LogP) is 1.50. The zero-order chi connectivity index (χ0) is 12.3. The van der Waals surface area contributed by atoms with Crippen LogP contribution in [0.25, 0.3) is 0 Å². The number of anilines is 1. The van der Waals surface area contributed by atoms with Gasteiger partial charge in [-0.25, -0.2) is 0 Å². The molecule has 0 saturated carbocycles. The molecule has 2 aromatic rings. The number of aryl methyl sites for hydroxylation is 1. The zero-order valence-electron chi connectivity index (χ0n) is 9.43. The van der Waals surface area contributed by atoms with Gasteiger partial charge in [-0.1, -0.05) is 17.3 Å².